The first-order valence-corrected chi connectivity index (χ1v) is 6.99. The summed E-state index contributed by atoms with van der Waals surface area (Å²) in [5.74, 6) is 7.15. The zero-order chi connectivity index (χ0) is 11.6. The van der Waals surface area contributed by atoms with Gasteiger partial charge in [-0.3, -0.25) is 0 Å². The van der Waals surface area contributed by atoms with Crippen LogP contribution in [0.25, 0.3) is 0 Å². The molecule has 1 heteroatoms. The molecule has 0 aromatic rings. The lowest BCUT2D eigenvalue weighted by molar-refractivity contribution is 0.293. The normalized spacial score (nSPS) is 18.9. The summed E-state index contributed by atoms with van der Waals surface area (Å²) in [6, 6.07) is 0.703. The van der Waals surface area contributed by atoms with Gasteiger partial charge in [-0.15, -0.1) is 11.8 Å². The minimum atomic E-state index is 0.703. The predicted molar refractivity (Wildman–Crippen MR) is 71.3 cm³/mol. The van der Waals surface area contributed by atoms with Crippen LogP contribution in [0.3, 0.4) is 0 Å². The smallest absolute Gasteiger partial charge is 0.0103 e. The topological polar surface area (TPSA) is 12.0 Å². The molecule has 1 rings (SSSR count). The van der Waals surface area contributed by atoms with Crippen molar-refractivity contribution in [3.63, 3.8) is 0 Å². The summed E-state index contributed by atoms with van der Waals surface area (Å²) in [6.45, 7) is 5.24. The van der Waals surface area contributed by atoms with Gasteiger partial charge in [0.25, 0.3) is 0 Å². The molecular weight excluding hydrogens is 194 g/mol. The van der Waals surface area contributed by atoms with Gasteiger partial charge in [-0.1, -0.05) is 39.0 Å². The van der Waals surface area contributed by atoms with Crippen LogP contribution in [0.2, 0.25) is 0 Å². The van der Waals surface area contributed by atoms with Crippen molar-refractivity contribution in [1.29, 1.82) is 0 Å². The minimum absolute atomic E-state index is 0.703. The van der Waals surface area contributed by atoms with Crippen molar-refractivity contribution < 1.29 is 0 Å². The number of hydrogen-bond acceptors (Lipinski definition) is 1. The van der Waals surface area contributed by atoms with Gasteiger partial charge in [0.05, 0.1) is 0 Å². The van der Waals surface area contributed by atoms with Crippen LogP contribution in [-0.2, 0) is 0 Å². The lowest BCUT2D eigenvalue weighted by Gasteiger charge is -2.26. The maximum absolute atomic E-state index is 3.62. The Labute approximate surface area is 101 Å². The summed E-state index contributed by atoms with van der Waals surface area (Å²) >= 11 is 0. The summed E-state index contributed by atoms with van der Waals surface area (Å²) in [4.78, 5) is 0. The fourth-order valence-electron chi connectivity index (χ4n) is 2.79. The fourth-order valence-corrected chi connectivity index (χ4v) is 2.79. The first-order chi connectivity index (χ1) is 7.86. The van der Waals surface area contributed by atoms with Gasteiger partial charge in [0.2, 0.25) is 0 Å². The van der Waals surface area contributed by atoms with Crippen LogP contribution in [0.5, 0.6) is 0 Å². The van der Waals surface area contributed by atoms with Gasteiger partial charge >= 0.3 is 0 Å². The van der Waals surface area contributed by atoms with Gasteiger partial charge in [0, 0.05) is 12.5 Å². The zero-order valence-electron chi connectivity index (χ0n) is 11.0. The molecule has 0 aromatic carbocycles. The van der Waals surface area contributed by atoms with Crippen LogP contribution in [0.15, 0.2) is 0 Å². The van der Waals surface area contributed by atoms with Crippen LogP contribution >= 0.6 is 0 Å². The molecule has 0 aromatic heterocycles. The van der Waals surface area contributed by atoms with E-state index in [0.717, 1.165) is 18.9 Å². The second-order valence-electron chi connectivity index (χ2n) is 4.96. The van der Waals surface area contributed by atoms with Gasteiger partial charge < -0.3 is 5.32 Å². The van der Waals surface area contributed by atoms with E-state index in [1.807, 2.05) is 6.92 Å². The molecule has 0 spiro atoms. The Morgan fingerprint density at radius 3 is 2.62 bits per heavy atom. The molecule has 0 amide bonds. The monoisotopic (exact) mass is 221 g/mol. The van der Waals surface area contributed by atoms with E-state index in [0.29, 0.717) is 6.04 Å². The maximum Gasteiger partial charge on any atom is 0.0103 e. The highest BCUT2D eigenvalue weighted by Crippen LogP contribution is 2.28. The van der Waals surface area contributed by atoms with Crippen LogP contribution in [0.4, 0.5) is 0 Å². The largest absolute Gasteiger partial charge is 0.314 e. The third-order valence-electron chi connectivity index (χ3n) is 3.63. The molecule has 1 unspecified atom stereocenters. The molecule has 0 radical (unpaired) electrons. The molecule has 1 aliphatic carbocycles. The Bertz CT molecular complexity index is 217. The fraction of sp³-hybridized carbons (Fsp3) is 0.867. The standard InChI is InChI=1S/C15H27N/c1-3-5-7-12-15(16-4-2)13-14-10-8-6-9-11-14/h14-16H,4,6-13H2,1-2H3. The van der Waals surface area contributed by atoms with Crippen molar-refractivity contribution in [1.82, 2.24) is 5.32 Å². The van der Waals surface area contributed by atoms with Crippen LogP contribution in [-0.4, -0.2) is 12.6 Å². The van der Waals surface area contributed by atoms with Crippen molar-refractivity contribution >= 4 is 0 Å². The van der Waals surface area contributed by atoms with E-state index in [-0.39, 0.29) is 0 Å². The average Bonchev–Trinajstić information content (AvgIpc) is 2.31. The molecule has 1 atom stereocenters. The highest BCUT2D eigenvalue weighted by Gasteiger charge is 2.17. The molecule has 0 aliphatic heterocycles. The Balaban J connectivity index is 2.26. The predicted octanol–water partition coefficient (Wildman–Crippen LogP) is 3.74. The molecule has 0 saturated heterocycles. The van der Waals surface area contributed by atoms with Crippen molar-refractivity contribution in [3.05, 3.63) is 0 Å². The second kappa shape index (κ2) is 8.65. The molecule has 1 N–H and O–H groups in total. The minimum Gasteiger partial charge on any atom is -0.314 e. The summed E-state index contributed by atoms with van der Waals surface area (Å²) in [5.41, 5.74) is 0. The number of rotatable bonds is 6. The molecule has 1 aliphatic rings. The van der Waals surface area contributed by atoms with E-state index < -0.39 is 0 Å². The molecule has 92 valence electrons. The first kappa shape index (κ1) is 13.6. The molecule has 0 bridgehead atoms. The van der Waals surface area contributed by atoms with Crippen LogP contribution in [0, 0.1) is 17.8 Å². The van der Waals surface area contributed by atoms with Gasteiger partial charge in [-0.2, -0.15) is 0 Å². The highest BCUT2D eigenvalue weighted by molar-refractivity contribution is 4.95. The van der Waals surface area contributed by atoms with Crippen molar-refractivity contribution in [3.8, 4) is 11.8 Å². The van der Waals surface area contributed by atoms with E-state index in [1.54, 1.807) is 0 Å². The molecule has 1 fully saturated rings. The van der Waals surface area contributed by atoms with E-state index in [2.05, 4.69) is 24.1 Å². The lowest BCUT2D eigenvalue weighted by atomic mass is 9.84. The molecular formula is C15H27N. The van der Waals surface area contributed by atoms with Crippen molar-refractivity contribution in [2.24, 2.45) is 5.92 Å². The highest BCUT2D eigenvalue weighted by atomic mass is 14.9. The van der Waals surface area contributed by atoms with Gasteiger partial charge in [0.15, 0.2) is 0 Å². The Hall–Kier alpha value is -0.480. The van der Waals surface area contributed by atoms with E-state index in [4.69, 9.17) is 0 Å². The average molecular weight is 221 g/mol. The summed E-state index contributed by atoms with van der Waals surface area (Å²) in [7, 11) is 0. The Morgan fingerprint density at radius 2 is 2.00 bits per heavy atom. The first-order valence-electron chi connectivity index (χ1n) is 6.99. The van der Waals surface area contributed by atoms with Gasteiger partial charge in [-0.05, 0) is 32.2 Å². The molecule has 1 saturated carbocycles. The third-order valence-corrected chi connectivity index (χ3v) is 3.63. The molecule has 1 nitrogen and oxygen atoms in total. The quantitative estimate of drug-likeness (QED) is 0.674. The van der Waals surface area contributed by atoms with Crippen molar-refractivity contribution in [2.75, 3.05) is 6.54 Å². The van der Waals surface area contributed by atoms with Crippen LogP contribution in [0.1, 0.15) is 65.2 Å². The van der Waals surface area contributed by atoms with E-state index in [9.17, 15) is 0 Å². The summed E-state index contributed by atoms with van der Waals surface area (Å²) in [5, 5.41) is 3.62. The summed E-state index contributed by atoms with van der Waals surface area (Å²) < 4.78 is 0. The Kier molecular flexibility index (Phi) is 7.34. The summed E-state index contributed by atoms with van der Waals surface area (Å²) in [6.07, 6.45) is 11.0. The zero-order valence-corrected chi connectivity index (χ0v) is 11.0. The van der Waals surface area contributed by atoms with E-state index in [1.165, 1.54) is 44.9 Å². The third kappa shape index (κ3) is 5.56. The number of hydrogen-bond donors (Lipinski definition) is 1. The van der Waals surface area contributed by atoms with Crippen LogP contribution < -0.4 is 5.32 Å². The number of nitrogens with one attached hydrogen (secondary N) is 1. The maximum atomic E-state index is 3.62. The van der Waals surface area contributed by atoms with Crippen molar-refractivity contribution in [2.45, 2.75) is 71.3 Å². The van der Waals surface area contributed by atoms with Gasteiger partial charge in [-0.25, -0.2) is 0 Å². The lowest BCUT2D eigenvalue weighted by Crippen LogP contribution is -2.31. The SMILES string of the molecule is CC#CCCC(CC1CCCCC1)NCC. The Morgan fingerprint density at radius 1 is 1.25 bits per heavy atom. The van der Waals surface area contributed by atoms with Gasteiger partial charge in [0.1, 0.15) is 0 Å². The molecule has 0 heterocycles. The molecule has 16 heavy (non-hydrogen) atoms. The van der Waals surface area contributed by atoms with E-state index >= 15 is 0 Å². The second-order valence-corrected chi connectivity index (χ2v) is 4.96.